The van der Waals surface area contributed by atoms with Gasteiger partial charge in [0.25, 0.3) is 0 Å². The van der Waals surface area contributed by atoms with Crippen LogP contribution in [0.5, 0.6) is 0 Å². The molecule has 3 atom stereocenters. The van der Waals surface area contributed by atoms with Gasteiger partial charge in [-0.1, -0.05) is 26.8 Å². The first-order chi connectivity index (χ1) is 9.76. The van der Waals surface area contributed by atoms with Gasteiger partial charge < -0.3 is 9.47 Å². The van der Waals surface area contributed by atoms with Crippen molar-refractivity contribution in [1.29, 1.82) is 0 Å². The van der Waals surface area contributed by atoms with Crippen molar-refractivity contribution in [1.82, 2.24) is 0 Å². The zero-order chi connectivity index (χ0) is 15.7. The highest BCUT2D eigenvalue weighted by molar-refractivity contribution is 8.17. The highest BCUT2D eigenvalue weighted by Gasteiger charge is 2.48. The van der Waals surface area contributed by atoms with Gasteiger partial charge in [0.2, 0.25) is 0 Å². The van der Waals surface area contributed by atoms with E-state index in [1.165, 1.54) is 17.9 Å². The van der Waals surface area contributed by atoms with Crippen LogP contribution >= 0.6 is 23.5 Å². The van der Waals surface area contributed by atoms with Crippen LogP contribution in [-0.4, -0.2) is 34.1 Å². The highest BCUT2D eigenvalue weighted by atomic mass is 32.2. The van der Waals surface area contributed by atoms with Crippen molar-refractivity contribution in [2.24, 2.45) is 11.3 Å². The summed E-state index contributed by atoms with van der Waals surface area (Å²) in [5.74, 6) is 2.75. The summed E-state index contributed by atoms with van der Waals surface area (Å²) in [7, 11) is 0. The van der Waals surface area contributed by atoms with Gasteiger partial charge in [-0.05, 0) is 44.1 Å². The summed E-state index contributed by atoms with van der Waals surface area (Å²) in [5, 5.41) is 0. The van der Waals surface area contributed by atoms with Crippen LogP contribution in [0.25, 0.3) is 0 Å². The molecule has 2 saturated heterocycles. The molecule has 0 aromatic rings. The third-order valence-corrected chi connectivity index (χ3v) is 7.97. The SMILES string of the molecule is C=C[C@@H]1OC(C)(C)O[C@@H](C[C@H](C)C2SCCCS2)C1(C)C. The quantitative estimate of drug-likeness (QED) is 0.679. The first-order valence-electron chi connectivity index (χ1n) is 7.97. The highest BCUT2D eigenvalue weighted by Crippen LogP contribution is 2.45. The van der Waals surface area contributed by atoms with Gasteiger partial charge >= 0.3 is 0 Å². The second kappa shape index (κ2) is 6.86. The summed E-state index contributed by atoms with van der Waals surface area (Å²) in [6, 6.07) is 0. The van der Waals surface area contributed by atoms with Crippen LogP contribution in [0.3, 0.4) is 0 Å². The molecular weight excluding hydrogens is 300 g/mol. The summed E-state index contributed by atoms with van der Waals surface area (Å²) in [6.45, 7) is 14.9. The third kappa shape index (κ3) is 4.21. The van der Waals surface area contributed by atoms with Crippen molar-refractivity contribution in [3.8, 4) is 0 Å². The Hall–Kier alpha value is 0.360. The monoisotopic (exact) mass is 330 g/mol. The summed E-state index contributed by atoms with van der Waals surface area (Å²) in [6.07, 6.45) is 4.64. The van der Waals surface area contributed by atoms with Crippen molar-refractivity contribution < 1.29 is 9.47 Å². The predicted octanol–water partition coefficient (Wildman–Crippen LogP) is 4.94. The van der Waals surface area contributed by atoms with Crippen LogP contribution in [0, 0.1) is 11.3 Å². The lowest BCUT2D eigenvalue weighted by Crippen LogP contribution is -2.55. The molecule has 0 bridgehead atoms. The first kappa shape index (κ1) is 17.7. The van der Waals surface area contributed by atoms with Gasteiger partial charge in [-0.3, -0.25) is 0 Å². The Morgan fingerprint density at radius 2 is 1.81 bits per heavy atom. The standard InChI is InChI=1S/C17H30O2S2/c1-7-13-16(3,4)14(19-17(5,6)18-13)11-12(2)15-20-9-8-10-21-15/h7,12-15H,1,8-11H2,2-6H3/t12-,13-,14-/m0/s1. The number of hydrogen-bond acceptors (Lipinski definition) is 4. The molecule has 0 aromatic heterocycles. The minimum atomic E-state index is -0.522. The molecular formula is C17H30O2S2. The van der Waals surface area contributed by atoms with Crippen LogP contribution in [-0.2, 0) is 9.47 Å². The van der Waals surface area contributed by atoms with Crippen LogP contribution in [0.2, 0.25) is 0 Å². The van der Waals surface area contributed by atoms with Crippen molar-refractivity contribution in [2.45, 2.75) is 70.0 Å². The number of hydrogen-bond donors (Lipinski definition) is 0. The molecule has 4 heteroatoms. The van der Waals surface area contributed by atoms with Crippen molar-refractivity contribution >= 4 is 23.5 Å². The van der Waals surface area contributed by atoms with Gasteiger partial charge in [0.05, 0.1) is 16.8 Å². The number of thioether (sulfide) groups is 2. The molecule has 0 radical (unpaired) electrons. The maximum absolute atomic E-state index is 6.29. The molecule has 2 aliphatic heterocycles. The van der Waals surface area contributed by atoms with Crippen LogP contribution < -0.4 is 0 Å². The molecule has 0 N–H and O–H groups in total. The lowest BCUT2D eigenvalue weighted by Gasteiger charge is -2.51. The molecule has 2 aliphatic rings. The minimum absolute atomic E-state index is 0.0322. The van der Waals surface area contributed by atoms with Crippen molar-refractivity contribution in [3.05, 3.63) is 12.7 Å². The molecule has 0 aliphatic carbocycles. The fourth-order valence-electron chi connectivity index (χ4n) is 3.15. The summed E-state index contributed by atoms with van der Waals surface area (Å²) in [4.78, 5) is 0. The van der Waals surface area contributed by atoms with Crippen molar-refractivity contribution in [2.75, 3.05) is 11.5 Å². The zero-order valence-corrected chi connectivity index (χ0v) is 15.7. The lowest BCUT2D eigenvalue weighted by molar-refractivity contribution is -0.333. The van der Waals surface area contributed by atoms with E-state index in [1.54, 1.807) is 0 Å². The molecule has 2 heterocycles. The Labute approximate surface area is 138 Å². The number of ether oxygens (including phenoxy) is 2. The van der Waals surface area contributed by atoms with Gasteiger partial charge in [0, 0.05) is 5.41 Å². The van der Waals surface area contributed by atoms with E-state index in [1.807, 2.05) is 19.9 Å². The van der Waals surface area contributed by atoms with Gasteiger partial charge in [0.15, 0.2) is 5.79 Å². The van der Waals surface area contributed by atoms with Gasteiger partial charge in [-0.15, -0.1) is 30.1 Å². The molecule has 0 amide bonds. The van der Waals surface area contributed by atoms with Crippen LogP contribution in [0.15, 0.2) is 12.7 Å². The average molecular weight is 331 g/mol. The average Bonchev–Trinajstić information content (AvgIpc) is 2.43. The van der Waals surface area contributed by atoms with Gasteiger partial charge in [-0.2, -0.15) is 0 Å². The second-order valence-electron chi connectivity index (χ2n) is 7.28. The van der Waals surface area contributed by atoms with Crippen LogP contribution in [0.1, 0.15) is 47.5 Å². The molecule has 21 heavy (non-hydrogen) atoms. The fourth-order valence-corrected chi connectivity index (χ4v) is 6.26. The summed E-state index contributed by atoms with van der Waals surface area (Å²) >= 11 is 4.24. The molecule has 0 spiro atoms. The lowest BCUT2D eigenvalue weighted by atomic mass is 9.76. The number of rotatable bonds is 4. The van der Waals surface area contributed by atoms with Crippen LogP contribution in [0.4, 0.5) is 0 Å². The fraction of sp³-hybridized carbons (Fsp3) is 0.882. The third-order valence-electron chi connectivity index (χ3n) is 4.52. The predicted molar refractivity (Wildman–Crippen MR) is 94.9 cm³/mol. The van der Waals surface area contributed by atoms with E-state index in [4.69, 9.17) is 9.47 Å². The Kier molecular flexibility index (Phi) is 5.78. The Morgan fingerprint density at radius 1 is 1.19 bits per heavy atom. The molecule has 0 aromatic carbocycles. The maximum atomic E-state index is 6.29. The largest absolute Gasteiger partial charge is 0.347 e. The van der Waals surface area contributed by atoms with Gasteiger partial charge in [0.1, 0.15) is 0 Å². The molecule has 2 nitrogen and oxygen atoms in total. The van der Waals surface area contributed by atoms with E-state index in [0.29, 0.717) is 10.5 Å². The van der Waals surface area contributed by atoms with Gasteiger partial charge in [-0.25, -0.2) is 0 Å². The van der Waals surface area contributed by atoms with E-state index in [9.17, 15) is 0 Å². The molecule has 0 saturated carbocycles. The summed E-state index contributed by atoms with van der Waals surface area (Å²) in [5.41, 5.74) is -0.0322. The molecule has 0 unspecified atom stereocenters. The Morgan fingerprint density at radius 3 is 2.38 bits per heavy atom. The second-order valence-corrected chi connectivity index (χ2v) is 10.1. The Bertz CT molecular complexity index is 362. The zero-order valence-electron chi connectivity index (χ0n) is 14.1. The summed E-state index contributed by atoms with van der Waals surface area (Å²) < 4.78 is 13.1. The van der Waals surface area contributed by atoms with E-state index >= 15 is 0 Å². The molecule has 122 valence electrons. The molecule has 2 rings (SSSR count). The smallest absolute Gasteiger partial charge is 0.163 e. The Balaban J connectivity index is 2.06. The van der Waals surface area contributed by atoms with E-state index in [2.05, 4.69) is 50.9 Å². The maximum Gasteiger partial charge on any atom is 0.163 e. The van der Waals surface area contributed by atoms with E-state index in [-0.39, 0.29) is 17.6 Å². The topological polar surface area (TPSA) is 18.5 Å². The minimum Gasteiger partial charge on any atom is -0.347 e. The van der Waals surface area contributed by atoms with E-state index < -0.39 is 5.79 Å². The molecule has 2 fully saturated rings. The van der Waals surface area contributed by atoms with Crippen molar-refractivity contribution in [3.63, 3.8) is 0 Å². The normalized spacial score (nSPS) is 34.3. The van der Waals surface area contributed by atoms with E-state index in [0.717, 1.165) is 6.42 Å². The first-order valence-corrected chi connectivity index (χ1v) is 10.1.